The molecule has 1 N–H and O–H groups in total. The van der Waals surface area contributed by atoms with Crippen molar-refractivity contribution in [2.24, 2.45) is 0 Å². The Kier molecular flexibility index (Phi) is 4.89. The first-order valence-corrected chi connectivity index (χ1v) is 7.54. The maximum atomic E-state index is 9.59. The van der Waals surface area contributed by atoms with E-state index in [4.69, 9.17) is 4.74 Å². The van der Waals surface area contributed by atoms with Crippen LogP contribution in [0.5, 0.6) is 11.5 Å². The molecule has 5 nitrogen and oxygen atoms in total. The third-order valence-corrected chi connectivity index (χ3v) is 3.85. The molecule has 0 unspecified atom stereocenters. The number of benzene rings is 1. The van der Waals surface area contributed by atoms with Crippen molar-refractivity contribution in [1.29, 1.82) is 0 Å². The number of nitrogens with zero attached hydrogens (tertiary/aromatic N) is 3. The van der Waals surface area contributed by atoms with Gasteiger partial charge in [-0.05, 0) is 23.4 Å². The minimum absolute atomic E-state index is 0.186. The second-order valence-electron chi connectivity index (χ2n) is 4.67. The fourth-order valence-electron chi connectivity index (χ4n) is 1.81. The van der Waals surface area contributed by atoms with Crippen molar-refractivity contribution in [3.63, 3.8) is 0 Å². The molecular formula is C14H19N3O2S. The summed E-state index contributed by atoms with van der Waals surface area (Å²) >= 11 is 1.89. The van der Waals surface area contributed by atoms with Gasteiger partial charge in [-0.15, -0.1) is 5.10 Å². The summed E-state index contributed by atoms with van der Waals surface area (Å²) in [5.74, 6) is 1.86. The highest BCUT2D eigenvalue weighted by atomic mass is 32.2. The van der Waals surface area contributed by atoms with E-state index in [9.17, 15) is 5.11 Å². The molecule has 2 rings (SSSR count). The van der Waals surface area contributed by atoms with Gasteiger partial charge in [0.15, 0.2) is 0 Å². The molecule has 0 aliphatic heterocycles. The number of ether oxygens (including phenoxy) is 1. The van der Waals surface area contributed by atoms with Gasteiger partial charge in [-0.1, -0.05) is 19.1 Å². The Morgan fingerprint density at radius 3 is 2.90 bits per heavy atom. The lowest BCUT2D eigenvalue weighted by Gasteiger charge is -2.06. The molecule has 2 aromatic rings. The quantitative estimate of drug-likeness (QED) is 0.887. The Hall–Kier alpha value is -1.69. The van der Waals surface area contributed by atoms with E-state index in [1.54, 1.807) is 25.3 Å². The smallest absolute Gasteiger partial charge is 0.128 e. The summed E-state index contributed by atoms with van der Waals surface area (Å²) in [5, 5.41) is 18.5. The van der Waals surface area contributed by atoms with E-state index in [-0.39, 0.29) is 5.75 Å². The molecule has 0 saturated carbocycles. The van der Waals surface area contributed by atoms with Gasteiger partial charge in [0.05, 0.1) is 19.9 Å². The molecule has 0 radical (unpaired) electrons. The predicted octanol–water partition coefficient (Wildman–Crippen LogP) is 2.80. The Bertz CT molecular complexity index is 569. The maximum absolute atomic E-state index is 9.59. The number of aromatic nitrogens is 3. The number of thioether (sulfide) groups is 1. The number of aromatic hydroxyl groups is 1. The standard InChI is InChI=1S/C14H19N3O2S/c1-10(2)20-7-6-17-9-13(15-16-17)12-8-11(18)4-5-14(12)19-3/h4-5,8-10,18H,6-7H2,1-3H3. The fourth-order valence-corrected chi connectivity index (χ4v) is 2.57. The van der Waals surface area contributed by atoms with Crippen molar-refractivity contribution >= 4 is 11.8 Å². The van der Waals surface area contributed by atoms with Crippen LogP contribution < -0.4 is 4.74 Å². The molecule has 20 heavy (non-hydrogen) atoms. The van der Waals surface area contributed by atoms with E-state index >= 15 is 0 Å². The Labute approximate surface area is 123 Å². The highest BCUT2D eigenvalue weighted by Crippen LogP contribution is 2.31. The molecule has 0 saturated heterocycles. The van der Waals surface area contributed by atoms with Crippen molar-refractivity contribution in [3.8, 4) is 22.8 Å². The zero-order valence-corrected chi connectivity index (χ0v) is 12.7. The zero-order valence-electron chi connectivity index (χ0n) is 11.9. The summed E-state index contributed by atoms with van der Waals surface area (Å²) in [4.78, 5) is 0. The normalized spacial score (nSPS) is 11.0. The SMILES string of the molecule is COc1ccc(O)cc1-c1cn(CCSC(C)C)nn1. The number of phenolic OH excluding ortho intramolecular Hbond substituents is 1. The summed E-state index contributed by atoms with van der Waals surface area (Å²) in [6.45, 7) is 5.17. The van der Waals surface area contributed by atoms with Crippen LogP contribution in [0.2, 0.25) is 0 Å². The summed E-state index contributed by atoms with van der Waals surface area (Å²) in [6.07, 6.45) is 1.87. The van der Waals surface area contributed by atoms with Crippen LogP contribution in [0, 0.1) is 0 Å². The van der Waals surface area contributed by atoms with Crippen LogP contribution in [-0.2, 0) is 6.54 Å². The average molecular weight is 293 g/mol. The van der Waals surface area contributed by atoms with Crippen molar-refractivity contribution < 1.29 is 9.84 Å². The van der Waals surface area contributed by atoms with Crippen molar-refractivity contribution in [2.75, 3.05) is 12.9 Å². The molecule has 108 valence electrons. The number of hydrogen-bond donors (Lipinski definition) is 1. The Morgan fingerprint density at radius 2 is 2.20 bits per heavy atom. The lowest BCUT2D eigenvalue weighted by molar-refractivity contribution is 0.414. The van der Waals surface area contributed by atoms with Gasteiger partial charge in [-0.25, -0.2) is 0 Å². The lowest BCUT2D eigenvalue weighted by atomic mass is 10.1. The van der Waals surface area contributed by atoms with Gasteiger partial charge in [-0.2, -0.15) is 11.8 Å². The number of rotatable bonds is 6. The number of aryl methyl sites for hydroxylation is 1. The first kappa shape index (κ1) is 14.7. The van der Waals surface area contributed by atoms with E-state index in [0.717, 1.165) is 17.9 Å². The Morgan fingerprint density at radius 1 is 1.40 bits per heavy atom. The minimum Gasteiger partial charge on any atom is -0.508 e. The lowest BCUT2D eigenvalue weighted by Crippen LogP contribution is -2.03. The highest BCUT2D eigenvalue weighted by molar-refractivity contribution is 7.99. The molecule has 0 amide bonds. The predicted molar refractivity (Wildman–Crippen MR) is 81.3 cm³/mol. The van der Waals surface area contributed by atoms with Crippen LogP contribution in [0.15, 0.2) is 24.4 Å². The van der Waals surface area contributed by atoms with E-state index in [0.29, 0.717) is 16.7 Å². The van der Waals surface area contributed by atoms with Gasteiger partial charge in [0.2, 0.25) is 0 Å². The van der Waals surface area contributed by atoms with Crippen molar-refractivity contribution in [1.82, 2.24) is 15.0 Å². The van der Waals surface area contributed by atoms with Gasteiger partial charge in [0, 0.05) is 11.3 Å². The number of methoxy groups -OCH3 is 1. The van der Waals surface area contributed by atoms with Crippen LogP contribution >= 0.6 is 11.8 Å². The minimum atomic E-state index is 0.186. The second kappa shape index (κ2) is 6.65. The molecule has 1 aromatic heterocycles. The molecule has 0 bridgehead atoms. The van der Waals surface area contributed by atoms with Crippen LogP contribution in [0.4, 0.5) is 0 Å². The number of phenols is 1. The van der Waals surface area contributed by atoms with E-state index in [1.807, 2.05) is 22.6 Å². The molecule has 0 atom stereocenters. The van der Waals surface area contributed by atoms with Crippen LogP contribution in [-0.4, -0.2) is 38.2 Å². The summed E-state index contributed by atoms with van der Waals surface area (Å²) < 4.78 is 7.10. The topological polar surface area (TPSA) is 60.2 Å². The molecule has 0 fully saturated rings. The fraction of sp³-hybridized carbons (Fsp3) is 0.429. The van der Waals surface area contributed by atoms with Crippen LogP contribution in [0.3, 0.4) is 0 Å². The van der Waals surface area contributed by atoms with Gasteiger partial charge < -0.3 is 9.84 Å². The summed E-state index contributed by atoms with van der Waals surface area (Å²) in [5.41, 5.74) is 1.45. The Balaban J connectivity index is 2.14. The van der Waals surface area contributed by atoms with Crippen LogP contribution in [0.1, 0.15) is 13.8 Å². The largest absolute Gasteiger partial charge is 0.508 e. The zero-order chi connectivity index (χ0) is 14.5. The van der Waals surface area contributed by atoms with E-state index in [1.165, 1.54) is 0 Å². The third-order valence-electron chi connectivity index (χ3n) is 2.77. The molecule has 0 aliphatic carbocycles. The van der Waals surface area contributed by atoms with Crippen LogP contribution in [0.25, 0.3) is 11.3 Å². The van der Waals surface area contributed by atoms with Crippen molar-refractivity contribution in [3.05, 3.63) is 24.4 Å². The van der Waals surface area contributed by atoms with E-state index < -0.39 is 0 Å². The summed E-state index contributed by atoms with van der Waals surface area (Å²) in [6, 6.07) is 4.94. The molecule has 6 heteroatoms. The highest BCUT2D eigenvalue weighted by Gasteiger charge is 2.11. The third kappa shape index (κ3) is 3.66. The molecular weight excluding hydrogens is 274 g/mol. The monoisotopic (exact) mass is 293 g/mol. The van der Waals surface area contributed by atoms with Gasteiger partial charge in [0.1, 0.15) is 17.2 Å². The molecule has 0 spiro atoms. The maximum Gasteiger partial charge on any atom is 0.128 e. The van der Waals surface area contributed by atoms with Crippen molar-refractivity contribution in [2.45, 2.75) is 25.6 Å². The number of hydrogen-bond acceptors (Lipinski definition) is 5. The first-order chi connectivity index (χ1) is 9.60. The van der Waals surface area contributed by atoms with Gasteiger partial charge >= 0.3 is 0 Å². The van der Waals surface area contributed by atoms with Gasteiger partial charge in [-0.3, -0.25) is 4.68 Å². The molecule has 1 aromatic carbocycles. The average Bonchev–Trinajstić information content (AvgIpc) is 2.87. The summed E-state index contributed by atoms with van der Waals surface area (Å²) in [7, 11) is 1.60. The second-order valence-corrected chi connectivity index (χ2v) is 6.36. The molecule has 0 aliphatic rings. The molecule has 1 heterocycles. The van der Waals surface area contributed by atoms with E-state index in [2.05, 4.69) is 24.2 Å². The first-order valence-electron chi connectivity index (χ1n) is 6.49. The van der Waals surface area contributed by atoms with Gasteiger partial charge in [0.25, 0.3) is 0 Å².